The Morgan fingerprint density at radius 1 is 1.25 bits per heavy atom. The van der Waals surface area contributed by atoms with Gasteiger partial charge in [0, 0.05) is 8.95 Å². The highest BCUT2D eigenvalue weighted by Crippen LogP contribution is 2.28. The van der Waals surface area contributed by atoms with Crippen LogP contribution in [-0.4, -0.2) is 21.6 Å². The summed E-state index contributed by atoms with van der Waals surface area (Å²) in [7, 11) is 0. The molecule has 0 atom stereocenters. The Bertz CT molecular complexity index is 608. The van der Waals surface area contributed by atoms with E-state index in [9.17, 15) is 0 Å². The largest absolute Gasteiger partial charge is 0.463 e. The van der Waals surface area contributed by atoms with Gasteiger partial charge in [0.1, 0.15) is 0 Å². The highest BCUT2D eigenvalue weighted by Gasteiger charge is 2.07. The van der Waals surface area contributed by atoms with Crippen molar-refractivity contribution < 1.29 is 4.74 Å². The van der Waals surface area contributed by atoms with Crippen molar-refractivity contribution in [2.24, 2.45) is 0 Å². The van der Waals surface area contributed by atoms with Gasteiger partial charge in [0.05, 0.1) is 12.3 Å². The molecule has 2 aromatic rings. The van der Waals surface area contributed by atoms with E-state index in [-0.39, 0.29) is 12.0 Å². The molecule has 20 heavy (non-hydrogen) atoms. The summed E-state index contributed by atoms with van der Waals surface area (Å²) < 4.78 is 7.21. The first-order chi connectivity index (χ1) is 9.58. The van der Waals surface area contributed by atoms with Gasteiger partial charge in [0.15, 0.2) is 0 Å². The molecule has 0 aliphatic carbocycles. The molecule has 3 N–H and O–H groups in total. The number of rotatable bonds is 5. The first-order valence-corrected chi connectivity index (χ1v) is 7.53. The average Bonchev–Trinajstić information content (AvgIpc) is 2.39. The molecule has 0 saturated heterocycles. The lowest BCUT2D eigenvalue weighted by Crippen LogP contribution is -2.07. The van der Waals surface area contributed by atoms with E-state index in [1.807, 2.05) is 25.1 Å². The Hall–Kier alpha value is -1.41. The molecule has 0 saturated carbocycles. The van der Waals surface area contributed by atoms with Gasteiger partial charge in [-0.2, -0.15) is 15.0 Å². The number of anilines is 3. The van der Waals surface area contributed by atoms with Crippen molar-refractivity contribution in [3.8, 4) is 6.01 Å². The second-order valence-corrected chi connectivity index (χ2v) is 5.67. The molecule has 6 nitrogen and oxygen atoms in total. The van der Waals surface area contributed by atoms with E-state index in [1.165, 1.54) is 0 Å². The highest BCUT2D eigenvalue weighted by atomic mass is 79.9. The Morgan fingerprint density at radius 2 is 2.05 bits per heavy atom. The number of nitrogens with two attached hydrogens (primary N) is 1. The lowest BCUT2D eigenvalue weighted by atomic mass is 10.3. The van der Waals surface area contributed by atoms with Crippen molar-refractivity contribution in [3.63, 3.8) is 0 Å². The van der Waals surface area contributed by atoms with Crippen molar-refractivity contribution in [3.05, 3.63) is 27.1 Å². The minimum Gasteiger partial charge on any atom is -0.463 e. The summed E-state index contributed by atoms with van der Waals surface area (Å²) in [6, 6.07) is 5.93. The molecule has 2 rings (SSSR count). The number of halogens is 2. The molecule has 0 spiro atoms. The molecule has 0 bridgehead atoms. The van der Waals surface area contributed by atoms with Crippen LogP contribution in [0.2, 0.25) is 0 Å². The minimum atomic E-state index is 0.113. The summed E-state index contributed by atoms with van der Waals surface area (Å²) >= 11 is 6.85. The van der Waals surface area contributed by atoms with Gasteiger partial charge in [-0.05, 0) is 40.5 Å². The van der Waals surface area contributed by atoms with Crippen LogP contribution in [0.15, 0.2) is 27.1 Å². The molecule has 0 fully saturated rings. The molecule has 0 unspecified atom stereocenters. The van der Waals surface area contributed by atoms with Gasteiger partial charge in [0.25, 0.3) is 0 Å². The topological polar surface area (TPSA) is 86.0 Å². The summed E-state index contributed by atoms with van der Waals surface area (Å²) in [5.74, 6) is 0.452. The number of nitrogens with zero attached hydrogens (tertiary/aromatic N) is 3. The molecule has 0 radical (unpaired) electrons. The zero-order valence-electron chi connectivity index (χ0n) is 10.7. The van der Waals surface area contributed by atoms with E-state index >= 15 is 0 Å². The molecule has 1 heterocycles. The first-order valence-electron chi connectivity index (χ1n) is 5.95. The number of hydrogen-bond donors (Lipinski definition) is 2. The predicted octanol–water partition coefficient (Wildman–Crippen LogP) is 3.51. The zero-order valence-corrected chi connectivity index (χ0v) is 13.9. The summed E-state index contributed by atoms with van der Waals surface area (Å²) in [6.07, 6.45) is 0.868. The van der Waals surface area contributed by atoms with Gasteiger partial charge >= 0.3 is 6.01 Å². The fourth-order valence-electron chi connectivity index (χ4n) is 1.40. The molecule has 0 aliphatic heterocycles. The fraction of sp³-hybridized carbons (Fsp3) is 0.250. The maximum absolute atomic E-state index is 5.65. The molecule has 106 valence electrons. The number of aromatic nitrogens is 3. The van der Waals surface area contributed by atoms with E-state index < -0.39 is 0 Å². The Labute approximate surface area is 133 Å². The van der Waals surface area contributed by atoms with E-state index in [1.54, 1.807) is 0 Å². The second kappa shape index (κ2) is 6.85. The van der Waals surface area contributed by atoms with Gasteiger partial charge in [-0.25, -0.2) is 0 Å². The van der Waals surface area contributed by atoms with Crippen LogP contribution in [0.25, 0.3) is 0 Å². The summed E-state index contributed by atoms with van der Waals surface area (Å²) in [4.78, 5) is 12.1. The smallest absolute Gasteiger partial charge is 0.323 e. The molecule has 1 aromatic heterocycles. The van der Waals surface area contributed by atoms with Crippen LogP contribution in [0.1, 0.15) is 13.3 Å². The van der Waals surface area contributed by atoms with Crippen molar-refractivity contribution in [1.82, 2.24) is 15.0 Å². The number of nitrogen functional groups attached to an aromatic ring is 1. The van der Waals surface area contributed by atoms with E-state index in [2.05, 4.69) is 52.1 Å². The van der Waals surface area contributed by atoms with Crippen LogP contribution in [0.5, 0.6) is 6.01 Å². The summed E-state index contributed by atoms with van der Waals surface area (Å²) in [5.41, 5.74) is 6.47. The molecule has 0 amide bonds. The highest BCUT2D eigenvalue weighted by molar-refractivity contribution is 9.11. The van der Waals surface area contributed by atoms with Gasteiger partial charge in [-0.1, -0.05) is 22.9 Å². The maximum Gasteiger partial charge on any atom is 0.323 e. The van der Waals surface area contributed by atoms with Gasteiger partial charge in [0.2, 0.25) is 11.9 Å². The quantitative estimate of drug-likeness (QED) is 0.795. The van der Waals surface area contributed by atoms with Gasteiger partial charge in [-0.15, -0.1) is 0 Å². The van der Waals surface area contributed by atoms with Crippen LogP contribution in [0.4, 0.5) is 17.6 Å². The number of ether oxygens (including phenoxy) is 1. The van der Waals surface area contributed by atoms with Crippen LogP contribution >= 0.6 is 31.9 Å². The monoisotopic (exact) mass is 401 g/mol. The van der Waals surface area contributed by atoms with Crippen LogP contribution in [0.3, 0.4) is 0 Å². The van der Waals surface area contributed by atoms with E-state index in [0.29, 0.717) is 12.6 Å². The van der Waals surface area contributed by atoms with Crippen molar-refractivity contribution in [2.75, 3.05) is 17.7 Å². The Balaban J connectivity index is 2.21. The Kier molecular flexibility index (Phi) is 5.13. The predicted molar refractivity (Wildman–Crippen MR) is 85.2 cm³/mol. The zero-order chi connectivity index (χ0) is 14.5. The molecular formula is C12H13Br2N5O. The lowest BCUT2D eigenvalue weighted by Gasteiger charge is -2.09. The van der Waals surface area contributed by atoms with Crippen molar-refractivity contribution in [2.45, 2.75) is 13.3 Å². The van der Waals surface area contributed by atoms with Gasteiger partial charge in [-0.3, -0.25) is 0 Å². The van der Waals surface area contributed by atoms with Crippen LogP contribution < -0.4 is 15.8 Å². The average molecular weight is 403 g/mol. The summed E-state index contributed by atoms with van der Waals surface area (Å²) in [5, 5.41) is 3.07. The molecular weight excluding hydrogens is 390 g/mol. The maximum atomic E-state index is 5.65. The third-order valence-electron chi connectivity index (χ3n) is 2.25. The van der Waals surface area contributed by atoms with Crippen LogP contribution in [-0.2, 0) is 0 Å². The molecule has 0 aliphatic rings. The number of nitrogens with one attached hydrogen (secondary N) is 1. The number of benzene rings is 1. The third kappa shape index (κ3) is 4.04. The SMILES string of the molecule is CCCOc1nc(N)nc(Nc2ccc(Br)cc2Br)n1. The molecule has 1 aromatic carbocycles. The van der Waals surface area contributed by atoms with Crippen molar-refractivity contribution in [1.29, 1.82) is 0 Å². The fourth-order valence-corrected chi connectivity index (χ4v) is 2.54. The Morgan fingerprint density at radius 3 is 2.75 bits per heavy atom. The normalized spacial score (nSPS) is 10.3. The van der Waals surface area contributed by atoms with E-state index in [0.717, 1.165) is 21.1 Å². The van der Waals surface area contributed by atoms with Crippen LogP contribution in [0, 0.1) is 0 Å². The third-order valence-corrected chi connectivity index (χ3v) is 3.39. The number of hydrogen-bond acceptors (Lipinski definition) is 6. The summed E-state index contributed by atoms with van der Waals surface area (Å²) in [6.45, 7) is 2.54. The van der Waals surface area contributed by atoms with Gasteiger partial charge < -0.3 is 15.8 Å². The van der Waals surface area contributed by atoms with Crippen molar-refractivity contribution >= 4 is 49.4 Å². The van der Waals surface area contributed by atoms with E-state index in [4.69, 9.17) is 10.5 Å². The standard InChI is InChI=1S/C12H13Br2N5O/c1-2-5-20-12-18-10(15)17-11(19-12)16-9-4-3-7(13)6-8(9)14/h3-4,6H,2,5H2,1H3,(H3,15,16,17,18,19). The first kappa shape index (κ1) is 15.0. The lowest BCUT2D eigenvalue weighted by molar-refractivity contribution is 0.292. The molecule has 8 heteroatoms. The second-order valence-electron chi connectivity index (χ2n) is 3.90. The minimum absolute atomic E-state index is 0.113.